The number of carbonyl (C=O) groups is 2. The molecular weight excluding hydrogens is 276 g/mol. The van der Waals surface area contributed by atoms with Gasteiger partial charge in [0.15, 0.2) is 11.6 Å². The van der Waals surface area contributed by atoms with Crippen molar-refractivity contribution in [3.8, 4) is 0 Å². The highest BCUT2D eigenvalue weighted by Gasteiger charge is 2.32. The maximum atomic E-state index is 13.0. The molecule has 7 heteroatoms. The van der Waals surface area contributed by atoms with E-state index >= 15 is 0 Å². The average Bonchev–Trinajstić information content (AvgIpc) is 2.36. The first-order chi connectivity index (χ1) is 8.97. The lowest BCUT2D eigenvalue weighted by Gasteiger charge is -2.26. The van der Waals surface area contributed by atoms with Gasteiger partial charge in [-0.25, -0.2) is 13.6 Å². The van der Waals surface area contributed by atoms with Crippen molar-refractivity contribution in [1.29, 1.82) is 0 Å². The number of carboxylic acid groups (broad SMARTS) is 1. The number of benzene rings is 1. The van der Waals surface area contributed by atoms with Gasteiger partial charge in [0.25, 0.3) is 0 Å². The third-order valence-electron chi connectivity index (χ3n) is 2.78. The van der Waals surface area contributed by atoms with E-state index in [1.807, 2.05) is 0 Å². The number of amides is 1. The molecule has 2 N–H and O–H groups in total. The van der Waals surface area contributed by atoms with Crippen LogP contribution in [0.3, 0.4) is 0 Å². The van der Waals surface area contributed by atoms with Gasteiger partial charge < -0.3 is 10.4 Å². The molecule has 0 aliphatic carbocycles. The molecule has 1 aromatic carbocycles. The number of halogens is 2. The van der Waals surface area contributed by atoms with Gasteiger partial charge in [0.2, 0.25) is 5.91 Å². The topological polar surface area (TPSA) is 66.4 Å². The zero-order chi connectivity index (χ0) is 14.0. The summed E-state index contributed by atoms with van der Waals surface area (Å²) in [4.78, 5) is 22.4. The van der Waals surface area contributed by atoms with E-state index in [1.54, 1.807) is 0 Å². The van der Waals surface area contributed by atoms with Crippen molar-refractivity contribution in [2.45, 2.75) is 17.7 Å². The number of nitrogens with one attached hydrogen (secondary N) is 1. The fourth-order valence-electron chi connectivity index (χ4n) is 1.76. The quantitative estimate of drug-likeness (QED) is 0.876. The zero-order valence-electron chi connectivity index (χ0n) is 9.73. The molecule has 1 aliphatic rings. The largest absolute Gasteiger partial charge is 0.480 e. The number of hydrogen-bond acceptors (Lipinski definition) is 3. The smallest absolute Gasteiger partial charge is 0.327 e. The molecule has 2 atom stereocenters. The van der Waals surface area contributed by atoms with Gasteiger partial charge in [-0.15, -0.1) is 11.8 Å². The maximum absolute atomic E-state index is 13.0. The van der Waals surface area contributed by atoms with Gasteiger partial charge in [-0.1, -0.05) is 6.07 Å². The summed E-state index contributed by atoms with van der Waals surface area (Å²) >= 11 is 1.20. The Morgan fingerprint density at radius 1 is 1.42 bits per heavy atom. The summed E-state index contributed by atoms with van der Waals surface area (Å²) in [7, 11) is 0. The van der Waals surface area contributed by atoms with Crippen LogP contribution in [0.1, 0.15) is 5.56 Å². The molecule has 1 saturated heterocycles. The van der Waals surface area contributed by atoms with Crippen LogP contribution in [0.15, 0.2) is 18.2 Å². The van der Waals surface area contributed by atoms with Gasteiger partial charge in [-0.05, 0) is 24.1 Å². The minimum Gasteiger partial charge on any atom is -0.480 e. The summed E-state index contributed by atoms with van der Waals surface area (Å²) in [5.41, 5.74) is 0.500. The lowest BCUT2D eigenvalue weighted by atomic mass is 10.1. The predicted molar refractivity (Wildman–Crippen MR) is 65.9 cm³/mol. The molecule has 2 rings (SSSR count). The molecular formula is C12H11F2NO3S. The van der Waals surface area contributed by atoms with Crippen LogP contribution in [-0.4, -0.2) is 34.0 Å². The Morgan fingerprint density at radius 3 is 2.74 bits per heavy atom. The minimum absolute atomic E-state index is 0.236. The highest BCUT2D eigenvalue weighted by atomic mass is 32.2. The Balaban J connectivity index is 2.02. The van der Waals surface area contributed by atoms with Crippen LogP contribution in [0.4, 0.5) is 8.78 Å². The molecule has 1 fully saturated rings. The Bertz CT molecular complexity index is 524. The zero-order valence-corrected chi connectivity index (χ0v) is 10.5. The molecule has 1 amide bonds. The van der Waals surface area contributed by atoms with E-state index in [0.717, 1.165) is 12.1 Å². The highest BCUT2D eigenvalue weighted by Crippen LogP contribution is 2.22. The van der Waals surface area contributed by atoms with Gasteiger partial charge in [0, 0.05) is 5.75 Å². The number of carbonyl (C=O) groups excluding carboxylic acids is 1. The summed E-state index contributed by atoms with van der Waals surface area (Å²) in [6.45, 7) is 0. The van der Waals surface area contributed by atoms with E-state index in [4.69, 9.17) is 5.11 Å². The van der Waals surface area contributed by atoms with Gasteiger partial charge in [-0.3, -0.25) is 4.79 Å². The van der Waals surface area contributed by atoms with Crippen LogP contribution in [0, 0.1) is 11.6 Å². The normalized spacial score (nSPS) is 22.9. The lowest BCUT2D eigenvalue weighted by molar-refractivity contribution is -0.141. The van der Waals surface area contributed by atoms with Crippen LogP contribution in [0.2, 0.25) is 0 Å². The lowest BCUT2D eigenvalue weighted by Crippen LogP contribution is -2.51. The van der Waals surface area contributed by atoms with E-state index in [1.165, 1.54) is 17.8 Å². The number of aliphatic carboxylic acids is 1. The van der Waals surface area contributed by atoms with Gasteiger partial charge >= 0.3 is 5.97 Å². The molecule has 0 radical (unpaired) electrons. The van der Waals surface area contributed by atoms with Crippen molar-refractivity contribution >= 4 is 23.6 Å². The number of hydrogen-bond donors (Lipinski definition) is 2. The first kappa shape index (κ1) is 13.8. The third-order valence-corrected chi connectivity index (χ3v) is 4.09. The first-order valence-electron chi connectivity index (χ1n) is 5.56. The molecule has 0 saturated carbocycles. The van der Waals surface area contributed by atoms with Crippen LogP contribution >= 0.6 is 11.8 Å². The van der Waals surface area contributed by atoms with Crippen LogP contribution < -0.4 is 5.32 Å². The first-order valence-corrected chi connectivity index (χ1v) is 6.61. The Morgan fingerprint density at radius 2 is 2.16 bits per heavy atom. The fourth-order valence-corrected chi connectivity index (χ4v) is 2.94. The predicted octanol–water partition coefficient (Wildman–Crippen LogP) is 1.19. The van der Waals surface area contributed by atoms with Crippen LogP contribution in [0.25, 0.3) is 0 Å². The van der Waals surface area contributed by atoms with Crippen LogP contribution in [0.5, 0.6) is 0 Å². The molecule has 1 heterocycles. The van der Waals surface area contributed by atoms with E-state index in [2.05, 4.69) is 5.32 Å². The molecule has 0 aromatic heterocycles. The van der Waals surface area contributed by atoms with Crippen molar-refractivity contribution in [2.24, 2.45) is 0 Å². The summed E-state index contributed by atoms with van der Waals surface area (Å²) in [5, 5.41) is 10.7. The molecule has 4 nitrogen and oxygen atoms in total. The van der Waals surface area contributed by atoms with E-state index in [-0.39, 0.29) is 12.2 Å². The Kier molecular flexibility index (Phi) is 4.04. The second-order valence-corrected chi connectivity index (χ2v) is 5.41. The number of carboxylic acids is 1. The molecule has 0 spiro atoms. The molecule has 1 aliphatic heterocycles. The summed E-state index contributed by atoms with van der Waals surface area (Å²) < 4.78 is 25.8. The number of thioether (sulfide) groups is 1. The monoisotopic (exact) mass is 287 g/mol. The second kappa shape index (κ2) is 5.56. The van der Waals surface area contributed by atoms with E-state index in [9.17, 15) is 18.4 Å². The minimum atomic E-state index is -1.08. The van der Waals surface area contributed by atoms with E-state index < -0.39 is 34.8 Å². The van der Waals surface area contributed by atoms with Crippen molar-refractivity contribution in [3.63, 3.8) is 0 Å². The van der Waals surface area contributed by atoms with Crippen LogP contribution in [-0.2, 0) is 16.0 Å². The number of rotatable bonds is 3. The Hall–Kier alpha value is -1.63. The van der Waals surface area contributed by atoms with Crippen molar-refractivity contribution < 1.29 is 23.5 Å². The Labute approximate surface area is 112 Å². The SMILES string of the molecule is O=C(O)C1CSC(Cc2ccc(F)c(F)c2)C(=O)N1. The third kappa shape index (κ3) is 3.23. The van der Waals surface area contributed by atoms with Gasteiger partial charge in [0.1, 0.15) is 6.04 Å². The van der Waals surface area contributed by atoms with E-state index in [0.29, 0.717) is 5.56 Å². The standard InChI is InChI=1S/C12H11F2NO3S/c13-7-2-1-6(3-8(7)14)4-10-11(16)15-9(5-19-10)12(17)18/h1-3,9-10H,4-5H2,(H,15,16)(H,17,18). The van der Waals surface area contributed by atoms with Gasteiger partial charge in [-0.2, -0.15) is 0 Å². The molecule has 2 unspecified atom stereocenters. The van der Waals surface area contributed by atoms with Crippen molar-refractivity contribution in [3.05, 3.63) is 35.4 Å². The van der Waals surface area contributed by atoms with Crippen molar-refractivity contribution in [1.82, 2.24) is 5.32 Å². The molecule has 19 heavy (non-hydrogen) atoms. The second-order valence-electron chi connectivity index (χ2n) is 4.17. The van der Waals surface area contributed by atoms with Gasteiger partial charge in [0.05, 0.1) is 5.25 Å². The maximum Gasteiger partial charge on any atom is 0.327 e. The summed E-state index contributed by atoms with van der Waals surface area (Å²) in [6.07, 6.45) is 0.236. The highest BCUT2D eigenvalue weighted by molar-refractivity contribution is 8.00. The molecule has 0 bridgehead atoms. The summed E-state index contributed by atoms with van der Waals surface area (Å²) in [5.74, 6) is -3.10. The molecule has 102 valence electrons. The average molecular weight is 287 g/mol. The van der Waals surface area contributed by atoms with Crippen molar-refractivity contribution in [2.75, 3.05) is 5.75 Å². The molecule has 1 aromatic rings. The summed E-state index contributed by atoms with van der Waals surface area (Å²) in [6, 6.07) is 2.58. The fraction of sp³-hybridized carbons (Fsp3) is 0.333.